The lowest BCUT2D eigenvalue weighted by Gasteiger charge is -2.21. The third-order valence-corrected chi connectivity index (χ3v) is 6.81. The number of amides is 1. The molecule has 3 aromatic rings. The Morgan fingerprint density at radius 1 is 1.03 bits per heavy atom. The summed E-state index contributed by atoms with van der Waals surface area (Å²) in [7, 11) is -4.36. The summed E-state index contributed by atoms with van der Waals surface area (Å²) >= 11 is 3.90. The van der Waals surface area contributed by atoms with E-state index < -0.39 is 44.0 Å². The molecule has 0 aliphatic carbocycles. The van der Waals surface area contributed by atoms with E-state index in [-0.39, 0.29) is 22.0 Å². The summed E-state index contributed by atoms with van der Waals surface area (Å²) in [6.45, 7) is 1.53. The zero-order valence-corrected chi connectivity index (χ0v) is 17.9. The largest absolute Gasteiger partial charge is 0.342 e. The van der Waals surface area contributed by atoms with Crippen molar-refractivity contribution in [2.24, 2.45) is 0 Å². The SMILES string of the molecule is Cc1cc(C(=O)NCS)ncc1C(c1cc(F)ccc1F)S(=O)(=O)c1ccc(F)cc1. The predicted octanol–water partition coefficient (Wildman–Crippen LogP) is 3.99. The number of halogens is 3. The zero-order chi connectivity index (χ0) is 22.8. The van der Waals surface area contributed by atoms with Gasteiger partial charge in [0.2, 0.25) is 0 Å². The van der Waals surface area contributed by atoms with Crippen molar-refractivity contribution in [3.05, 3.63) is 94.6 Å². The number of nitrogens with one attached hydrogen (secondary N) is 1. The Morgan fingerprint density at radius 2 is 1.68 bits per heavy atom. The fourth-order valence-corrected chi connectivity index (χ4v) is 5.13. The van der Waals surface area contributed by atoms with E-state index in [9.17, 15) is 26.4 Å². The zero-order valence-electron chi connectivity index (χ0n) is 16.1. The number of aryl methyl sites for hydroxylation is 1. The fourth-order valence-electron chi connectivity index (χ4n) is 3.11. The third-order valence-electron chi connectivity index (χ3n) is 4.60. The van der Waals surface area contributed by atoms with Gasteiger partial charge in [-0.3, -0.25) is 9.78 Å². The van der Waals surface area contributed by atoms with Crippen LogP contribution in [0, 0.1) is 24.4 Å². The predicted molar refractivity (Wildman–Crippen MR) is 112 cm³/mol. The fraction of sp³-hybridized carbons (Fsp3) is 0.143. The summed E-state index contributed by atoms with van der Waals surface area (Å²) in [6.07, 6.45) is 1.14. The van der Waals surface area contributed by atoms with Crippen LogP contribution in [-0.2, 0) is 9.84 Å². The van der Waals surface area contributed by atoms with Crippen LogP contribution in [0.2, 0.25) is 0 Å². The van der Waals surface area contributed by atoms with E-state index >= 15 is 0 Å². The molecule has 0 spiro atoms. The molecule has 1 heterocycles. The number of aromatic nitrogens is 1. The van der Waals surface area contributed by atoms with Crippen LogP contribution >= 0.6 is 12.6 Å². The van der Waals surface area contributed by atoms with Crippen LogP contribution in [0.4, 0.5) is 13.2 Å². The highest BCUT2D eigenvalue weighted by atomic mass is 32.2. The van der Waals surface area contributed by atoms with Gasteiger partial charge >= 0.3 is 0 Å². The molecule has 10 heteroatoms. The summed E-state index contributed by atoms with van der Waals surface area (Å²) in [6, 6.07) is 7.86. The summed E-state index contributed by atoms with van der Waals surface area (Å²) in [5.41, 5.74) is -0.0513. The first-order valence-corrected chi connectivity index (χ1v) is 11.1. The van der Waals surface area contributed by atoms with Crippen LogP contribution in [0.15, 0.2) is 59.6 Å². The topological polar surface area (TPSA) is 76.1 Å². The van der Waals surface area contributed by atoms with Crippen LogP contribution < -0.4 is 5.32 Å². The first kappa shape index (κ1) is 22.8. The Hall–Kier alpha value is -2.85. The highest BCUT2D eigenvalue weighted by Gasteiger charge is 2.35. The van der Waals surface area contributed by atoms with Crippen LogP contribution in [0.1, 0.15) is 32.4 Å². The van der Waals surface area contributed by atoms with Gasteiger partial charge in [0, 0.05) is 11.8 Å². The van der Waals surface area contributed by atoms with Gasteiger partial charge in [-0.1, -0.05) is 0 Å². The van der Waals surface area contributed by atoms with E-state index in [4.69, 9.17) is 0 Å². The summed E-state index contributed by atoms with van der Waals surface area (Å²) < 4.78 is 68.8. The maximum Gasteiger partial charge on any atom is 0.270 e. The quantitative estimate of drug-likeness (QED) is 0.327. The van der Waals surface area contributed by atoms with E-state index in [1.807, 2.05) is 0 Å². The molecule has 162 valence electrons. The standard InChI is InChI=1S/C21H17F3N2O3S2/c1-12-8-19(21(27)26-11-30)25-10-17(12)20(16-9-14(23)4-7-18(16)24)31(28,29)15-5-2-13(22)3-6-15/h2-10,20,30H,11H2,1H3,(H,26,27). The van der Waals surface area contributed by atoms with E-state index in [0.717, 1.165) is 48.7 Å². The number of rotatable bonds is 6. The molecule has 1 aromatic heterocycles. The number of carbonyl (C=O) groups is 1. The molecule has 5 nitrogen and oxygen atoms in total. The average Bonchev–Trinajstić information content (AvgIpc) is 2.72. The molecule has 2 aromatic carbocycles. The lowest BCUT2D eigenvalue weighted by molar-refractivity contribution is 0.0956. The second-order valence-corrected chi connectivity index (χ2v) is 8.98. The molecule has 0 saturated heterocycles. The Kier molecular flexibility index (Phi) is 6.71. The van der Waals surface area contributed by atoms with Gasteiger partial charge in [-0.25, -0.2) is 21.6 Å². The maximum absolute atomic E-state index is 14.7. The average molecular weight is 467 g/mol. The van der Waals surface area contributed by atoms with Gasteiger partial charge < -0.3 is 5.32 Å². The van der Waals surface area contributed by atoms with Crippen LogP contribution in [-0.4, -0.2) is 25.2 Å². The number of carbonyl (C=O) groups excluding carboxylic acids is 1. The van der Waals surface area contributed by atoms with Gasteiger partial charge in [0.15, 0.2) is 9.84 Å². The third kappa shape index (κ3) is 4.75. The second-order valence-electron chi connectivity index (χ2n) is 6.63. The molecule has 0 aliphatic rings. The monoisotopic (exact) mass is 466 g/mol. The minimum atomic E-state index is -4.36. The molecule has 0 radical (unpaired) electrons. The summed E-state index contributed by atoms with van der Waals surface area (Å²) in [4.78, 5) is 15.7. The van der Waals surface area contributed by atoms with Gasteiger partial charge in [-0.15, -0.1) is 0 Å². The van der Waals surface area contributed by atoms with E-state index in [0.29, 0.717) is 5.56 Å². The Balaban J connectivity index is 2.23. The normalized spacial score (nSPS) is 12.4. The summed E-state index contributed by atoms with van der Waals surface area (Å²) in [5, 5.41) is 0.769. The molecule has 31 heavy (non-hydrogen) atoms. The summed E-state index contributed by atoms with van der Waals surface area (Å²) in [5.74, 6) is -2.87. The van der Waals surface area contributed by atoms with Gasteiger partial charge in [0.05, 0.1) is 10.8 Å². The van der Waals surface area contributed by atoms with Crippen molar-refractivity contribution in [2.45, 2.75) is 17.1 Å². The van der Waals surface area contributed by atoms with Crippen molar-refractivity contribution in [1.29, 1.82) is 0 Å². The lowest BCUT2D eigenvalue weighted by atomic mass is 10.0. The molecular formula is C21H17F3N2O3S2. The molecule has 0 saturated carbocycles. The molecule has 0 bridgehead atoms. The first-order chi connectivity index (χ1) is 14.6. The number of benzene rings is 2. The number of nitrogens with zero attached hydrogens (tertiary/aromatic N) is 1. The molecule has 0 fully saturated rings. The van der Waals surface area contributed by atoms with Crippen LogP contribution in [0.25, 0.3) is 0 Å². The number of hydrogen-bond donors (Lipinski definition) is 2. The molecule has 3 rings (SSSR count). The second kappa shape index (κ2) is 9.11. The van der Waals surface area contributed by atoms with E-state index in [2.05, 4.69) is 22.9 Å². The molecule has 1 atom stereocenters. The van der Waals surface area contributed by atoms with Crippen LogP contribution in [0.3, 0.4) is 0 Å². The van der Waals surface area contributed by atoms with Gasteiger partial charge in [0.25, 0.3) is 5.91 Å². The minimum Gasteiger partial charge on any atom is -0.342 e. The van der Waals surface area contributed by atoms with Gasteiger partial charge in [0.1, 0.15) is 28.4 Å². The molecule has 1 N–H and O–H groups in total. The van der Waals surface area contributed by atoms with Gasteiger partial charge in [-0.2, -0.15) is 12.6 Å². The molecule has 0 aliphatic heterocycles. The molecule has 1 unspecified atom stereocenters. The number of pyridine rings is 1. The highest BCUT2D eigenvalue weighted by molar-refractivity contribution is 7.92. The highest BCUT2D eigenvalue weighted by Crippen LogP contribution is 2.38. The number of sulfone groups is 1. The first-order valence-electron chi connectivity index (χ1n) is 8.95. The van der Waals surface area contributed by atoms with Gasteiger partial charge in [-0.05, 0) is 66.6 Å². The van der Waals surface area contributed by atoms with E-state index in [1.54, 1.807) is 0 Å². The van der Waals surface area contributed by atoms with Crippen molar-refractivity contribution < 1.29 is 26.4 Å². The lowest BCUT2D eigenvalue weighted by Crippen LogP contribution is -2.24. The van der Waals surface area contributed by atoms with Crippen molar-refractivity contribution in [1.82, 2.24) is 10.3 Å². The smallest absolute Gasteiger partial charge is 0.270 e. The minimum absolute atomic E-state index is 0.00736. The Morgan fingerprint density at radius 3 is 2.29 bits per heavy atom. The maximum atomic E-state index is 14.7. The molecular weight excluding hydrogens is 449 g/mol. The van der Waals surface area contributed by atoms with Crippen molar-refractivity contribution in [3.8, 4) is 0 Å². The molecule has 1 amide bonds. The van der Waals surface area contributed by atoms with E-state index in [1.165, 1.54) is 13.0 Å². The number of thiol groups is 1. The van der Waals surface area contributed by atoms with Crippen molar-refractivity contribution in [3.63, 3.8) is 0 Å². The van der Waals surface area contributed by atoms with Crippen molar-refractivity contribution in [2.75, 3.05) is 5.88 Å². The number of hydrogen-bond acceptors (Lipinski definition) is 5. The Bertz CT molecular complexity index is 1230. The Labute approximate surface area is 182 Å². The van der Waals surface area contributed by atoms with Crippen molar-refractivity contribution >= 4 is 28.4 Å². The van der Waals surface area contributed by atoms with Crippen LogP contribution in [0.5, 0.6) is 0 Å².